The summed E-state index contributed by atoms with van der Waals surface area (Å²) in [4.78, 5) is 13.4. The molecule has 3 rings (SSSR count). The molecule has 0 amide bonds. The minimum Gasteiger partial charge on any atom is -0.480 e. The number of aliphatic carboxylic acids is 1. The van der Waals surface area contributed by atoms with Crippen LogP contribution in [0.3, 0.4) is 0 Å². The van der Waals surface area contributed by atoms with Gasteiger partial charge in [-0.05, 0) is 42.9 Å². The zero-order chi connectivity index (χ0) is 24.0. The van der Waals surface area contributed by atoms with E-state index in [9.17, 15) is 13.2 Å². The van der Waals surface area contributed by atoms with E-state index >= 15 is 0 Å². The van der Waals surface area contributed by atoms with Crippen LogP contribution in [0.4, 0.5) is 0 Å². The van der Waals surface area contributed by atoms with Crippen molar-refractivity contribution in [1.82, 2.24) is 9.71 Å². The van der Waals surface area contributed by atoms with Gasteiger partial charge in [0.05, 0.1) is 10.8 Å². The van der Waals surface area contributed by atoms with Crippen molar-refractivity contribution in [3.05, 3.63) is 96.7 Å². The van der Waals surface area contributed by atoms with Crippen molar-refractivity contribution in [1.29, 1.82) is 0 Å². The minimum absolute atomic E-state index is 0.356. The summed E-state index contributed by atoms with van der Waals surface area (Å²) in [5, 5.41) is 12.1. The number of hydrogen-bond acceptors (Lipinski definition) is 4. The molecule has 0 atom stereocenters. The third-order valence-corrected chi connectivity index (χ3v) is 5.93. The smallest absolute Gasteiger partial charge is 0.318 e. The Morgan fingerprint density at radius 3 is 2.31 bits per heavy atom. The van der Waals surface area contributed by atoms with Crippen molar-refractivity contribution in [2.24, 2.45) is 0 Å². The molecule has 2 aromatic carbocycles. The van der Waals surface area contributed by atoms with Gasteiger partial charge in [0.2, 0.25) is 0 Å². The van der Waals surface area contributed by atoms with Crippen LogP contribution >= 0.6 is 10.8 Å². The molecule has 32 heavy (non-hydrogen) atoms. The highest BCUT2D eigenvalue weighted by Gasteiger charge is 2.10. The van der Waals surface area contributed by atoms with Gasteiger partial charge >= 0.3 is 5.97 Å². The Bertz CT molecular complexity index is 1200. The Morgan fingerprint density at radius 1 is 1.12 bits per heavy atom. The van der Waals surface area contributed by atoms with Gasteiger partial charge in [0.1, 0.15) is 6.54 Å². The van der Waals surface area contributed by atoms with E-state index in [1.165, 1.54) is 16.5 Å². The molecule has 0 spiro atoms. The van der Waals surface area contributed by atoms with Crippen molar-refractivity contribution in [2.45, 2.75) is 13.8 Å². The maximum absolute atomic E-state index is 11.3. The van der Waals surface area contributed by atoms with Gasteiger partial charge < -0.3 is 10.1 Å². The number of aryl methyl sites for hydroxylation is 2. The second-order valence-corrected chi connectivity index (χ2v) is 9.72. The summed E-state index contributed by atoms with van der Waals surface area (Å²) in [6, 6.07) is 15.6. The van der Waals surface area contributed by atoms with Crippen molar-refractivity contribution in [2.75, 3.05) is 6.54 Å². The van der Waals surface area contributed by atoms with E-state index in [-0.39, 0.29) is 0 Å². The molecule has 0 saturated heterocycles. The summed E-state index contributed by atoms with van der Waals surface area (Å²) in [6.45, 7) is 10.1. The third kappa shape index (κ3) is 10.7. The van der Waals surface area contributed by atoms with Crippen molar-refractivity contribution in [3.8, 4) is 11.2 Å². The fraction of sp³-hybridized carbons (Fsp3) is 0.125. The molecule has 8 heteroatoms. The summed E-state index contributed by atoms with van der Waals surface area (Å²) >= 11 is 0. The molecule has 0 aliphatic heterocycles. The average Bonchev–Trinajstić information content (AvgIpc) is 3.15. The molecule has 6 nitrogen and oxygen atoms in total. The Balaban J connectivity index is 0.000000303. The van der Waals surface area contributed by atoms with Crippen molar-refractivity contribution >= 4 is 36.7 Å². The maximum Gasteiger partial charge on any atom is 0.318 e. The number of nitrogens with one attached hydrogen (secondary N) is 2. The van der Waals surface area contributed by atoms with Crippen LogP contribution in [0, 0.1) is 25.0 Å². The molecule has 3 N–H and O–H groups in total. The van der Waals surface area contributed by atoms with Crippen molar-refractivity contribution < 1.29 is 18.3 Å². The number of allylic oxidation sites excluding steroid dienone is 2. The first-order valence-electron chi connectivity index (χ1n) is 9.42. The van der Waals surface area contributed by atoms with Crippen LogP contribution in [0.1, 0.15) is 16.7 Å². The molecule has 0 aliphatic carbocycles. The van der Waals surface area contributed by atoms with E-state index < -0.39 is 21.6 Å². The fourth-order valence-corrected chi connectivity index (χ4v) is 3.60. The predicted molar refractivity (Wildman–Crippen MR) is 134 cm³/mol. The molecular formula is C24H26N2O4S2. The van der Waals surface area contributed by atoms with Gasteiger partial charge in [-0.1, -0.05) is 67.1 Å². The van der Waals surface area contributed by atoms with Gasteiger partial charge in [0.15, 0.2) is 0 Å². The molecule has 0 fully saturated rings. The normalized spacial score (nSPS) is 9.81. The number of H-pyrrole nitrogens is 1. The molecule has 0 saturated carbocycles. The molecule has 0 bridgehead atoms. The first-order chi connectivity index (χ1) is 15.2. The maximum atomic E-state index is 11.3. The predicted octanol–water partition coefficient (Wildman–Crippen LogP) is 4.79. The highest BCUT2D eigenvalue weighted by atomic mass is 33.1. The number of aromatic amines is 1. The average molecular weight is 471 g/mol. The SMILES string of the molecule is C=CC=C.Cc1c[nH]c2ccccc12.Cc1ccc(C#CSS(=O)(=O)NCC(=O)O)cc1. The van der Waals surface area contributed by atoms with Gasteiger partial charge in [0.25, 0.3) is 9.06 Å². The lowest BCUT2D eigenvalue weighted by Gasteiger charge is -1.97. The van der Waals surface area contributed by atoms with E-state index in [4.69, 9.17) is 5.11 Å². The number of hydrogen-bond donors (Lipinski definition) is 3. The van der Waals surface area contributed by atoms with Crippen LogP contribution in [0.15, 0.2) is 80.0 Å². The van der Waals surface area contributed by atoms with E-state index in [0.29, 0.717) is 16.4 Å². The van der Waals surface area contributed by atoms with E-state index in [1.807, 2.05) is 36.0 Å². The van der Waals surface area contributed by atoms with Crippen LogP contribution in [-0.4, -0.2) is 31.0 Å². The van der Waals surface area contributed by atoms with Gasteiger partial charge in [-0.25, -0.2) is 0 Å². The van der Waals surface area contributed by atoms with Gasteiger partial charge in [-0.2, -0.15) is 13.1 Å². The largest absolute Gasteiger partial charge is 0.480 e. The van der Waals surface area contributed by atoms with Gasteiger partial charge in [-0.3, -0.25) is 4.79 Å². The Hall–Kier alpha value is -3.25. The number of fused-ring (bicyclic) bond motifs is 1. The van der Waals surface area contributed by atoms with Crippen LogP contribution in [0.25, 0.3) is 10.9 Å². The zero-order valence-corrected chi connectivity index (χ0v) is 19.6. The quantitative estimate of drug-likeness (QED) is 0.283. The second kappa shape index (κ2) is 13.9. The number of benzene rings is 2. The summed E-state index contributed by atoms with van der Waals surface area (Å²) in [7, 11) is -3.39. The molecule has 0 aliphatic rings. The third-order valence-electron chi connectivity index (χ3n) is 3.76. The number of carbonyl (C=O) groups is 1. The monoisotopic (exact) mass is 470 g/mol. The summed E-state index contributed by atoms with van der Waals surface area (Å²) < 4.78 is 24.4. The molecule has 1 heterocycles. The molecule has 3 aromatic rings. The van der Waals surface area contributed by atoms with Crippen LogP contribution in [0.2, 0.25) is 0 Å². The van der Waals surface area contributed by atoms with Crippen LogP contribution < -0.4 is 4.72 Å². The number of para-hydroxylation sites is 1. The lowest BCUT2D eigenvalue weighted by Crippen LogP contribution is -2.26. The Kier molecular flexibility index (Phi) is 11.7. The summed E-state index contributed by atoms with van der Waals surface area (Å²) in [5.74, 6) is 1.42. The molecule has 0 unspecified atom stereocenters. The number of aromatic nitrogens is 1. The summed E-state index contributed by atoms with van der Waals surface area (Å²) in [5.41, 5.74) is 4.32. The van der Waals surface area contributed by atoms with E-state index in [2.05, 4.69) is 54.4 Å². The first kappa shape index (κ1) is 26.8. The standard InChI is InChI=1S/C11H11NO4S2.C9H9N.C4H6/c1-9-2-4-10(5-3-9)6-7-17-18(15,16)12-8-11(13)14;1-7-6-10-9-5-3-2-4-8(7)9;1-3-4-2/h2-5,12H,8H2,1H3,(H,13,14);2-6,10H,1H3;3-4H,1-2H2. The lowest BCUT2D eigenvalue weighted by atomic mass is 10.2. The van der Waals surface area contributed by atoms with Gasteiger partial charge in [-0.15, -0.1) is 0 Å². The van der Waals surface area contributed by atoms with Crippen molar-refractivity contribution in [3.63, 3.8) is 0 Å². The van der Waals surface area contributed by atoms with Gasteiger partial charge in [0, 0.05) is 22.7 Å². The lowest BCUT2D eigenvalue weighted by molar-refractivity contribution is -0.135. The fourth-order valence-electron chi connectivity index (χ4n) is 2.17. The Labute approximate surface area is 192 Å². The number of carboxylic acid groups (broad SMARTS) is 1. The first-order valence-corrected chi connectivity index (χ1v) is 12.2. The Morgan fingerprint density at radius 2 is 1.75 bits per heavy atom. The molecule has 1 aromatic heterocycles. The number of rotatable bonds is 5. The van der Waals surface area contributed by atoms with E-state index in [0.717, 1.165) is 5.56 Å². The number of carboxylic acids is 1. The van der Waals surface area contributed by atoms with E-state index in [1.54, 1.807) is 24.3 Å². The zero-order valence-electron chi connectivity index (χ0n) is 18.0. The van der Waals surface area contributed by atoms with Crippen LogP contribution in [-0.2, 0) is 13.8 Å². The molecular weight excluding hydrogens is 444 g/mol. The topological polar surface area (TPSA) is 99.3 Å². The molecule has 0 radical (unpaired) electrons. The highest BCUT2D eigenvalue weighted by molar-refractivity contribution is 8.73. The summed E-state index contributed by atoms with van der Waals surface area (Å²) in [6.07, 6.45) is 5.31. The van der Waals surface area contributed by atoms with Crippen LogP contribution in [0.5, 0.6) is 0 Å². The highest BCUT2D eigenvalue weighted by Crippen LogP contribution is 2.15. The minimum atomic E-state index is -3.74. The second-order valence-electron chi connectivity index (χ2n) is 6.33. The molecule has 168 valence electrons.